The smallest absolute Gasteiger partial charge is 0.345 e. The molecule has 0 N–H and O–H groups in total. The summed E-state index contributed by atoms with van der Waals surface area (Å²) < 4.78 is 15.0. The number of ether oxygens (including phenoxy) is 3. The molecule has 1 rings (SSSR count). The van der Waals surface area contributed by atoms with Gasteiger partial charge in [0.15, 0.2) is 11.5 Å². The van der Waals surface area contributed by atoms with Gasteiger partial charge in [0.2, 0.25) is 0 Å². The predicted octanol–water partition coefficient (Wildman–Crippen LogP) is 2.55. The van der Waals surface area contributed by atoms with Crippen molar-refractivity contribution in [3.63, 3.8) is 0 Å². The lowest BCUT2D eigenvalue weighted by Gasteiger charge is -2.11. The number of carbonyl (C=O) groups excluding carboxylic acids is 1. The van der Waals surface area contributed by atoms with Crippen LogP contribution in [0.4, 0.5) is 5.69 Å². The maximum Gasteiger partial charge on any atom is 0.345 e. The van der Waals surface area contributed by atoms with E-state index in [2.05, 4.69) is 20.7 Å². The first-order valence-corrected chi connectivity index (χ1v) is 6.80. The zero-order chi connectivity index (χ0) is 15.1. The summed E-state index contributed by atoms with van der Waals surface area (Å²) >= 11 is 3.26. The largest absolute Gasteiger partial charge is 0.493 e. The summed E-state index contributed by atoms with van der Waals surface area (Å²) in [5.74, 6) is -0.347. The molecule has 8 heteroatoms. The van der Waals surface area contributed by atoms with Gasteiger partial charge in [-0.05, 0) is 6.42 Å². The number of methoxy groups -OCH3 is 2. The van der Waals surface area contributed by atoms with Crippen LogP contribution < -0.4 is 9.47 Å². The summed E-state index contributed by atoms with van der Waals surface area (Å²) in [4.78, 5) is 21.9. The number of carbonyl (C=O) groups is 1. The minimum Gasteiger partial charge on any atom is -0.493 e. The molecule has 0 radical (unpaired) electrons. The average Bonchev–Trinajstić information content (AvgIpc) is 2.45. The van der Waals surface area contributed by atoms with Gasteiger partial charge in [-0.2, -0.15) is 0 Å². The summed E-state index contributed by atoms with van der Waals surface area (Å²) in [5.41, 5.74) is -0.561. The number of benzene rings is 1. The van der Waals surface area contributed by atoms with Gasteiger partial charge in [0.05, 0.1) is 31.8 Å². The second kappa shape index (κ2) is 7.68. The highest BCUT2D eigenvalue weighted by molar-refractivity contribution is 9.09. The summed E-state index contributed by atoms with van der Waals surface area (Å²) in [5, 5.41) is 11.8. The van der Waals surface area contributed by atoms with Crippen LogP contribution in [-0.2, 0) is 4.74 Å². The summed E-state index contributed by atoms with van der Waals surface area (Å²) in [6.45, 7) is 0.371. The van der Waals surface area contributed by atoms with Crippen LogP contribution in [0.3, 0.4) is 0 Å². The first-order valence-electron chi connectivity index (χ1n) is 5.68. The molecule has 20 heavy (non-hydrogen) atoms. The van der Waals surface area contributed by atoms with E-state index < -0.39 is 10.9 Å². The molecular weight excluding hydrogens is 334 g/mol. The van der Waals surface area contributed by atoms with Crippen molar-refractivity contribution < 1.29 is 23.9 Å². The number of nitro benzene ring substituents is 1. The van der Waals surface area contributed by atoms with Gasteiger partial charge in [-0.1, -0.05) is 15.9 Å². The fourth-order valence-corrected chi connectivity index (χ4v) is 1.71. The Morgan fingerprint density at radius 2 is 2.05 bits per heavy atom. The van der Waals surface area contributed by atoms with Gasteiger partial charge in [0, 0.05) is 11.4 Å². The normalized spacial score (nSPS) is 9.95. The van der Waals surface area contributed by atoms with Crippen LogP contribution >= 0.6 is 15.9 Å². The first-order chi connectivity index (χ1) is 9.54. The molecule has 0 spiro atoms. The highest BCUT2D eigenvalue weighted by Gasteiger charge is 2.25. The molecule has 0 amide bonds. The lowest BCUT2D eigenvalue weighted by atomic mass is 10.1. The van der Waals surface area contributed by atoms with Crippen LogP contribution in [0.1, 0.15) is 16.8 Å². The SMILES string of the molecule is COC(=O)c1cc(OC)c(OCCCBr)cc1[N+](=O)[O-]. The first kappa shape index (κ1) is 16.2. The number of halogens is 1. The summed E-state index contributed by atoms with van der Waals surface area (Å²) in [6.07, 6.45) is 0.732. The third kappa shape index (κ3) is 3.83. The maximum atomic E-state index is 11.5. The van der Waals surface area contributed by atoms with Crippen molar-refractivity contribution in [3.05, 3.63) is 27.8 Å². The molecule has 0 aromatic heterocycles. The van der Waals surface area contributed by atoms with E-state index in [1.165, 1.54) is 19.2 Å². The van der Waals surface area contributed by atoms with Crippen LogP contribution in [0, 0.1) is 10.1 Å². The van der Waals surface area contributed by atoms with Gasteiger partial charge in [0.1, 0.15) is 5.56 Å². The Morgan fingerprint density at radius 1 is 1.35 bits per heavy atom. The molecule has 0 atom stereocenters. The van der Waals surface area contributed by atoms with E-state index in [4.69, 9.17) is 9.47 Å². The van der Waals surface area contributed by atoms with Gasteiger partial charge >= 0.3 is 5.97 Å². The Bertz CT molecular complexity index is 505. The second-order valence-corrected chi connectivity index (χ2v) is 4.45. The van der Waals surface area contributed by atoms with Crippen LogP contribution in [0.5, 0.6) is 11.5 Å². The minimum atomic E-state index is -0.804. The molecule has 1 aromatic carbocycles. The lowest BCUT2D eigenvalue weighted by molar-refractivity contribution is -0.385. The van der Waals surface area contributed by atoms with E-state index in [-0.39, 0.29) is 22.7 Å². The molecular formula is C12H14BrNO6. The Balaban J connectivity index is 3.22. The highest BCUT2D eigenvalue weighted by Crippen LogP contribution is 2.35. The third-order valence-corrected chi connectivity index (χ3v) is 2.98. The van der Waals surface area contributed by atoms with Crippen LogP contribution in [0.15, 0.2) is 12.1 Å². The molecule has 110 valence electrons. The monoisotopic (exact) mass is 347 g/mol. The number of hydrogen-bond donors (Lipinski definition) is 0. The Morgan fingerprint density at radius 3 is 2.55 bits per heavy atom. The van der Waals surface area contributed by atoms with Crippen LogP contribution in [0.2, 0.25) is 0 Å². The van der Waals surface area contributed by atoms with E-state index in [0.717, 1.165) is 18.9 Å². The Hall–Kier alpha value is -1.83. The van der Waals surface area contributed by atoms with E-state index in [1.807, 2.05) is 0 Å². The van der Waals surface area contributed by atoms with Crippen molar-refractivity contribution in [3.8, 4) is 11.5 Å². The van der Waals surface area contributed by atoms with E-state index in [1.54, 1.807) is 0 Å². The minimum absolute atomic E-state index is 0.179. The lowest BCUT2D eigenvalue weighted by Crippen LogP contribution is -2.08. The van der Waals surface area contributed by atoms with E-state index in [0.29, 0.717) is 6.61 Å². The molecule has 0 bridgehead atoms. The third-order valence-electron chi connectivity index (χ3n) is 2.42. The van der Waals surface area contributed by atoms with Crippen LogP contribution in [-0.4, -0.2) is 37.0 Å². The molecule has 0 saturated heterocycles. The number of nitrogens with zero attached hydrogens (tertiary/aromatic N) is 1. The standard InChI is InChI=1S/C12H14BrNO6/c1-18-10-6-8(12(15)19-2)9(14(16)17)7-11(10)20-5-3-4-13/h6-7H,3-5H2,1-2H3. The number of alkyl halides is 1. The van der Waals surface area contributed by atoms with E-state index >= 15 is 0 Å². The number of nitro groups is 1. The second-order valence-electron chi connectivity index (χ2n) is 3.66. The predicted molar refractivity (Wildman–Crippen MR) is 74.9 cm³/mol. The average molecular weight is 348 g/mol. The van der Waals surface area contributed by atoms with Crippen molar-refractivity contribution in [2.75, 3.05) is 26.2 Å². The molecule has 0 aliphatic carbocycles. The van der Waals surface area contributed by atoms with Gasteiger partial charge < -0.3 is 14.2 Å². The summed E-state index contributed by atoms with van der Waals surface area (Å²) in [6, 6.07) is 2.41. The summed E-state index contributed by atoms with van der Waals surface area (Å²) in [7, 11) is 2.54. The van der Waals surface area contributed by atoms with Gasteiger partial charge in [-0.25, -0.2) is 4.79 Å². The number of rotatable bonds is 7. The van der Waals surface area contributed by atoms with E-state index in [9.17, 15) is 14.9 Å². The molecule has 0 heterocycles. The molecule has 0 saturated carbocycles. The molecule has 7 nitrogen and oxygen atoms in total. The Labute approximate surface area is 124 Å². The molecule has 0 fully saturated rings. The number of esters is 1. The molecule has 0 aliphatic heterocycles. The quantitative estimate of drug-likeness (QED) is 0.247. The van der Waals surface area contributed by atoms with Gasteiger partial charge in [-0.15, -0.1) is 0 Å². The number of hydrogen-bond acceptors (Lipinski definition) is 6. The molecule has 0 unspecified atom stereocenters. The molecule has 0 aliphatic rings. The van der Waals surface area contributed by atoms with Gasteiger partial charge in [0.25, 0.3) is 5.69 Å². The Kier molecular flexibility index (Phi) is 6.23. The fourth-order valence-electron chi connectivity index (χ4n) is 1.48. The van der Waals surface area contributed by atoms with Crippen molar-refractivity contribution in [1.82, 2.24) is 0 Å². The van der Waals surface area contributed by atoms with Crippen molar-refractivity contribution in [2.45, 2.75) is 6.42 Å². The maximum absolute atomic E-state index is 11.5. The zero-order valence-electron chi connectivity index (χ0n) is 11.1. The fraction of sp³-hybridized carbons (Fsp3) is 0.417. The van der Waals surface area contributed by atoms with Crippen molar-refractivity contribution in [2.24, 2.45) is 0 Å². The zero-order valence-corrected chi connectivity index (χ0v) is 12.6. The van der Waals surface area contributed by atoms with Crippen molar-refractivity contribution in [1.29, 1.82) is 0 Å². The molecule has 1 aromatic rings. The van der Waals surface area contributed by atoms with Crippen LogP contribution in [0.25, 0.3) is 0 Å². The topological polar surface area (TPSA) is 87.9 Å². The van der Waals surface area contributed by atoms with Crippen molar-refractivity contribution >= 4 is 27.6 Å². The highest BCUT2D eigenvalue weighted by atomic mass is 79.9. The van der Waals surface area contributed by atoms with Gasteiger partial charge in [-0.3, -0.25) is 10.1 Å².